The Morgan fingerprint density at radius 2 is 1.50 bits per heavy atom. The van der Waals surface area contributed by atoms with E-state index in [0.717, 1.165) is 12.1 Å². The van der Waals surface area contributed by atoms with E-state index in [2.05, 4.69) is 15.9 Å². The van der Waals surface area contributed by atoms with Crippen molar-refractivity contribution in [2.45, 2.75) is 12.2 Å². The van der Waals surface area contributed by atoms with Crippen molar-refractivity contribution in [3.8, 4) is 0 Å². The third-order valence-electron chi connectivity index (χ3n) is 1.71. The average Bonchev–Trinajstić information content (AvgIpc) is 1.99. The van der Waals surface area contributed by atoms with Gasteiger partial charge in [-0.25, -0.2) is 8.78 Å². The highest BCUT2D eigenvalue weighted by Crippen LogP contribution is 2.34. The molecule has 2 N–H and O–H groups in total. The Hall–Kier alpha value is -0.400. The van der Waals surface area contributed by atoms with Crippen LogP contribution < -0.4 is 5.73 Å². The van der Waals surface area contributed by atoms with Crippen LogP contribution in [0.5, 0.6) is 0 Å². The van der Waals surface area contributed by atoms with Gasteiger partial charge in [0.1, 0.15) is 17.7 Å². The van der Waals surface area contributed by atoms with E-state index in [9.17, 15) is 22.0 Å². The van der Waals surface area contributed by atoms with Gasteiger partial charge in [-0.3, -0.25) is 0 Å². The molecule has 0 aliphatic heterocycles. The first-order chi connectivity index (χ1) is 6.73. The van der Waals surface area contributed by atoms with Gasteiger partial charge in [-0.05, 0) is 12.1 Å². The average molecular weight is 326 g/mol. The molecule has 1 atom stereocenters. The van der Waals surface area contributed by atoms with Crippen molar-refractivity contribution < 1.29 is 22.0 Å². The normalized spacial score (nSPS) is 13.2. The summed E-state index contributed by atoms with van der Waals surface area (Å²) in [7, 11) is 0. The maximum atomic E-state index is 13.0. The Bertz CT molecular complexity index is 358. The predicted molar refractivity (Wildman–Crippen MR) is 54.3 cm³/mol. The summed E-state index contributed by atoms with van der Waals surface area (Å²) in [6, 6.07) is -1.21. The minimum atomic E-state index is -4.88. The fourth-order valence-electron chi connectivity index (χ4n) is 1.01. The van der Waals surface area contributed by atoms with Crippen molar-refractivity contribution in [3.63, 3.8) is 0 Å². The molecule has 0 radical (unpaired) electrons. The molecular formula is C8H6BrClF5N. The molecule has 0 fully saturated rings. The third-order valence-corrected chi connectivity index (χ3v) is 2.17. The zero-order valence-corrected chi connectivity index (χ0v) is 9.89. The van der Waals surface area contributed by atoms with E-state index in [0.29, 0.717) is 0 Å². The van der Waals surface area contributed by atoms with Gasteiger partial charge in [-0.1, -0.05) is 15.9 Å². The molecule has 92 valence electrons. The van der Waals surface area contributed by atoms with Crippen LogP contribution >= 0.6 is 28.3 Å². The van der Waals surface area contributed by atoms with Gasteiger partial charge < -0.3 is 5.73 Å². The largest absolute Gasteiger partial charge is 0.407 e. The van der Waals surface area contributed by atoms with E-state index in [1.54, 1.807) is 0 Å². The Labute approximate surface area is 102 Å². The zero-order chi connectivity index (χ0) is 11.8. The van der Waals surface area contributed by atoms with Crippen LogP contribution in [0.15, 0.2) is 16.6 Å². The van der Waals surface area contributed by atoms with Gasteiger partial charge in [0.25, 0.3) is 0 Å². The standard InChI is InChI=1S/C8H5BrF5N.ClH/c9-3-1-4(10)6(5(11)2-3)7(15)8(12,13)14;/h1-2,7H,15H2;1H/t7-;/m0./s1. The van der Waals surface area contributed by atoms with Crippen LogP contribution in [0.1, 0.15) is 11.6 Å². The van der Waals surface area contributed by atoms with E-state index in [-0.39, 0.29) is 16.9 Å². The summed E-state index contributed by atoms with van der Waals surface area (Å²) in [6.07, 6.45) is -4.88. The number of hydrogen-bond donors (Lipinski definition) is 1. The summed E-state index contributed by atoms with van der Waals surface area (Å²) in [5, 5.41) is 0. The molecule has 1 rings (SSSR count). The van der Waals surface area contributed by atoms with Gasteiger partial charge in [0.2, 0.25) is 0 Å². The Balaban J connectivity index is 0.00000225. The van der Waals surface area contributed by atoms with Crippen LogP contribution in [-0.2, 0) is 0 Å². The number of halogens is 7. The minimum Gasteiger partial charge on any atom is -0.316 e. The number of hydrogen-bond acceptors (Lipinski definition) is 1. The topological polar surface area (TPSA) is 26.0 Å². The highest BCUT2D eigenvalue weighted by Gasteiger charge is 2.41. The fraction of sp³-hybridized carbons (Fsp3) is 0.250. The van der Waals surface area contributed by atoms with Gasteiger partial charge >= 0.3 is 6.18 Å². The van der Waals surface area contributed by atoms with Gasteiger partial charge in [-0.2, -0.15) is 13.2 Å². The molecule has 0 saturated carbocycles. The maximum absolute atomic E-state index is 13.0. The lowest BCUT2D eigenvalue weighted by Crippen LogP contribution is -2.30. The van der Waals surface area contributed by atoms with E-state index in [1.807, 2.05) is 0 Å². The maximum Gasteiger partial charge on any atom is 0.407 e. The SMILES string of the molecule is Cl.N[C@@H](c1c(F)cc(Br)cc1F)C(F)(F)F. The van der Waals surface area contributed by atoms with Crippen molar-refractivity contribution in [3.05, 3.63) is 33.8 Å². The molecule has 1 aromatic rings. The summed E-state index contributed by atoms with van der Waals surface area (Å²) in [5.74, 6) is -2.65. The Kier molecular flexibility index (Phi) is 5.15. The Morgan fingerprint density at radius 3 is 1.81 bits per heavy atom. The smallest absolute Gasteiger partial charge is 0.316 e. The second-order valence-electron chi connectivity index (χ2n) is 2.80. The summed E-state index contributed by atoms with van der Waals surface area (Å²) in [6.45, 7) is 0. The molecule has 0 saturated heterocycles. The van der Waals surface area contributed by atoms with E-state index in [4.69, 9.17) is 5.73 Å². The van der Waals surface area contributed by atoms with Crippen molar-refractivity contribution in [2.75, 3.05) is 0 Å². The lowest BCUT2D eigenvalue weighted by atomic mass is 10.1. The van der Waals surface area contributed by atoms with Gasteiger partial charge in [0.15, 0.2) is 0 Å². The summed E-state index contributed by atoms with van der Waals surface area (Å²) < 4.78 is 62.5. The van der Waals surface area contributed by atoms with Crippen LogP contribution in [-0.4, -0.2) is 6.18 Å². The first-order valence-corrected chi connectivity index (χ1v) is 4.49. The highest BCUT2D eigenvalue weighted by atomic mass is 79.9. The van der Waals surface area contributed by atoms with E-state index in [1.165, 1.54) is 0 Å². The second kappa shape index (κ2) is 5.29. The molecule has 0 spiro atoms. The van der Waals surface area contributed by atoms with Crippen LogP contribution in [0, 0.1) is 11.6 Å². The molecule has 0 aromatic heterocycles. The third kappa shape index (κ3) is 3.29. The van der Waals surface area contributed by atoms with Crippen molar-refractivity contribution >= 4 is 28.3 Å². The van der Waals surface area contributed by atoms with Crippen molar-refractivity contribution in [2.24, 2.45) is 5.73 Å². The first kappa shape index (κ1) is 15.6. The molecule has 0 aliphatic carbocycles. The summed E-state index contributed by atoms with van der Waals surface area (Å²) in [5.41, 5.74) is 3.53. The predicted octanol–water partition coefficient (Wildman–Crippen LogP) is 3.71. The van der Waals surface area contributed by atoms with Gasteiger partial charge in [-0.15, -0.1) is 12.4 Å². The molecule has 16 heavy (non-hydrogen) atoms. The molecule has 1 aromatic carbocycles. The molecule has 0 bridgehead atoms. The van der Waals surface area contributed by atoms with Crippen molar-refractivity contribution in [1.82, 2.24) is 0 Å². The van der Waals surface area contributed by atoms with Crippen LogP contribution in [0.4, 0.5) is 22.0 Å². The molecule has 0 unspecified atom stereocenters. The van der Waals surface area contributed by atoms with E-state index < -0.39 is 29.4 Å². The zero-order valence-electron chi connectivity index (χ0n) is 7.49. The number of rotatable bonds is 1. The van der Waals surface area contributed by atoms with Crippen LogP contribution in [0.3, 0.4) is 0 Å². The molecule has 1 nitrogen and oxygen atoms in total. The number of benzene rings is 1. The molecule has 0 heterocycles. The van der Waals surface area contributed by atoms with E-state index >= 15 is 0 Å². The lowest BCUT2D eigenvalue weighted by Gasteiger charge is -2.17. The Morgan fingerprint density at radius 1 is 1.12 bits per heavy atom. The minimum absolute atomic E-state index is 0. The number of nitrogens with two attached hydrogens (primary N) is 1. The lowest BCUT2D eigenvalue weighted by molar-refractivity contribution is -0.150. The van der Waals surface area contributed by atoms with Crippen molar-refractivity contribution in [1.29, 1.82) is 0 Å². The van der Waals surface area contributed by atoms with Gasteiger partial charge in [0.05, 0.1) is 0 Å². The fourth-order valence-corrected chi connectivity index (χ4v) is 1.42. The summed E-state index contributed by atoms with van der Waals surface area (Å²) >= 11 is 2.74. The molecular weight excluding hydrogens is 320 g/mol. The van der Waals surface area contributed by atoms with Crippen LogP contribution in [0.2, 0.25) is 0 Å². The highest BCUT2D eigenvalue weighted by molar-refractivity contribution is 9.10. The molecule has 8 heteroatoms. The second-order valence-corrected chi connectivity index (χ2v) is 3.72. The summed E-state index contributed by atoms with van der Waals surface area (Å²) in [4.78, 5) is 0. The monoisotopic (exact) mass is 325 g/mol. The number of alkyl halides is 3. The molecule has 0 aliphatic rings. The first-order valence-electron chi connectivity index (χ1n) is 3.70. The van der Waals surface area contributed by atoms with Gasteiger partial charge in [0, 0.05) is 10.0 Å². The van der Waals surface area contributed by atoms with Crippen LogP contribution in [0.25, 0.3) is 0 Å². The quantitative estimate of drug-likeness (QED) is 0.782. The molecule has 0 amide bonds.